The summed E-state index contributed by atoms with van der Waals surface area (Å²) in [5.74, 6) is 0.545. The first kappa shape index (κ1) is 13.6. The third-order valence-corrected chi connectivity index (χ3v) is 3.71. The van der Waals surface area contributed by atoms with E-state index < -0.39 is 0 Å². The number of hydrogen-bond acceptors (Lipinski definition) is 2. The van der Waals surface area contributed by atoms with E-state index in [2.05, 4.69) is 23.4 Å². The molecule has 0 aliphatic heterocycles. The van der Waals surface area contributed by atoms with Crippen LogP contribution in [0.5, 0.6) is 0 Å². The molecule has 3 aromatic rings. The Kier molecular flexibility index (Phi) is 3.16. The molecule has 0 fully saturated rings. The molecule has 0 aliphatic carbocycles. The van der Waals surface area contributed by atoms with Gasteiger partial charge in [0.15, 0.2) is 0 Å². The van der Waals surface area contributed by atoms with Gasteiger partial charge in [-0.15, -0.1) is 0 Å². The fourth-order valence-electron chi connectivity index (χ4n) is 2.58. The number of nitrogens with two attached hydrogens (primary N) is 1. The van der Waals surface area contributed by atoms with Gasteiger partial charge < -0.3 is 10.3 Å². The molecule has 2 aromatic carbocycles. The molecule has 0 saturated heterocycles. The Morgan fingerprint density at radius 3 is 2.57 bits per heavy atom. The van der Waals surface area contributed by atoms with E-state index in [0.717, 1.165) is 28.2 Å². The van der Waals surface area contributed by atoms with Crippen molar-refractivity contribution >= 4 is 16.7 Å². The van der Waals surface area contributed by atoms with Crippen molar-refractivity contribution in [1.29, 1.82) is 0 Å². The van der Waals surface area contributed by atoms with Gasteiger partial charge in [0.25, 0.3) is 0 Å². The third-order valence-electron chi connectivity index (χ3n) is 3.71. The van der Waals surface area contributed by atoms with E-state index >= 15 is 0 Å². The van der Waals surface area contributed by atoms with Crippen molar-refractivity contribution < 1.29 is 4.39 Å². The second kappa shape index (κ2) is 4.88. The molecule has 2 N–H and O–H groups in total. The van der Waals surface area contributed by atoms with E-state index in [1.807, 2.05) is 25.1 Å². The Balaban J connectivity index is 2.30. The minimum atomic E-state index is -0.272. The predicted octanol–water partition coefficient (Wildman–Crippen LogP) is 4.31. The predicted molar refractivity (Wildman–Crippen MR) is 84.7 cm³/mol. The summed E-state index contributed by atoms with van der Waals surface area (Å²) in [5, 5.41) is 0. The number of anilines is 1. The molecular formula is C17H18FN3. The Morgan fingerprint density at radius 1 is 1.14 bits per heavy atom. The lowest BCUT2D eigenvalue weighted by atomic mass is 10.1. The molecule has 1 aromatic heterocycles. The first-order chi connectivity index (χ1) is 9.97. The van der Waals surface area contributed by atoms with E-state index in [-0.39, 0.29) is 11.9 Å². The van der Waals surface area contributed by atoms with Crippen LogP contribution in [0.15, 0.2) is 36.4 Å². The maximum absolute atomic E-state index is 13.4. The summed E-state index contributed by atoms with van der Waals surface area (Å²) in [7, 11) is 0. The Hall–Kier alpha value is -2.36. The highest BCUT2D eigenvalue weighted by Gasteiger charge is 2.15. The Bertz CT molecular complexity index is 818. The number of benzene rings is 2. The molecule has 0 atom stereocenters. The van der Waals surface area contributed by atoms with Crippen LogP contribution in [0.2, 0.25) is 0 Å². The molecule has 4 heteroatoms. The number of aryl methyl sites for hydroxylation is 1. The number of halogens is 1. The molecule has 0 unspecified atom stereocenters. The van der Waals surface area contributed by atoms with Gasteiger partial charge in [0, 0.05) is 23.4 Å². The van der Waals surface area contributed by atoms with Crippen LogP contribution < -0.4 is 5.73 Å². The standard InChI is InChI=1S/C17H18FN3/c1-10(2)21-16-7-6-13(18)9-15(16)20-17(21)12-5-4-11(3)14(19)8-12/h4-10H,19H2,1-3H3. The Labute approximate surface area is 123 Å². The van der Waals surface area contributed by atoms with E-state index in [1.165, 1.54) is 12.1 Å². The van der Waals surface area contributed by atoms with Crippen molar-refractivity contribution in [1.82, 2.24) is 9.55 Å². The highest BCUT2D eigenvalue weighted by molar-refractivity contribution is 5.81. The first-order valence-corrected chi connectivity index (χ1v) is 7.01. The van der Waals surface area contributed by atoms with Gasteiger partial charge in [-0.05, 0) is 44.5 Å². The summed E-state index contributed by atoms with van der Waals surface area (Å²) >= 11 is 0. The molecule has 3 rings (SSSR count). The van der Waals surface area contributed by atoms with Crippen LogP contribution in [0.3, 0.4) is 0 Å². The number of nitrogen functional groups attached to an aromatic ring is 1. The second-order valence-electron chi connectivity index (χ2n) is 5.60. The second-order valence-corrected chi connectivity index (χ2v) is 5.60. The topological polar surface area (TPSA) is 43.8 Å². The summed E-state index contributed by atoms with van der Waals surface area (Å²) in [6, 6.07) is 10.8. The summed E-state index contributed by atoms with van der Waals surface area (Å²) < 4.78 is 15.5. The van der Waals surface area contributed by atoms with Gasteiger partial charge >= 0.3 is 0 Å². The van der Waals surface area contributed by atoms with Crippen LogP contribution in [0.4, 0.5) is 10.1 Å². The van der Waals surface area contributed by atoms with Gasteiger partial charge in [0.1, 0.15) is 11.6 Å². The average Bonchev–Trinajstić information content (AvgIpc) is 2.80. The monoisotopic (exact) mass is 283 g/mol. The molecule has 0 bridgehead atoms. The molecule has 21 heavy (non-hydrogen) atoms. The SMILES string of the molecule is Cc1ccc(-c2nc3cc(F)ccc3n2C(C)C)cc1N. The van der Waals surface area contributed by atoms with Crippen LogP contribution in [0.25, 0.3) is 22.4 Å². The van der Waals surface area contributed by atoms with Gasteiger partial charge in [0.2, 0.25) is 0 Å². The van der Waals surface area contributed by atoms with Crippen molar-refractivity contribution in [2.75, 3.05) is 5.73 Å². The molecule has 0 saturated carbocycles. The van der Waals surface area contributed by atoms with E-state index in [9.17, 15) is 4.39 Å². The molecule has 3 nitrogen and oxygen atoms in total. The lowest BCUT2D eigenvalue weighted by Crippen LogP contribution is -2.03. The highest BCUT2D eigenvalue weighted by Crippen LogP contribution is 2.30. The zero-order valence-electron chi connectivity index (χ0n) is 12.4. The van der Waals surface area contributed by atoms with E-state index in [4.69, 9.17) is 5.73 Å². The lowest BCUT2D eigenvalue weighted by molar-refractivity contribution is 0.620. The minimum absolute atomic E-state index is 0.220. The fraction of sp³-hybridized carbons (Fsp3) is 0.235. The molecule has 1 heterocycles. The van der Waals surface area contributed by atoms with Crippen molar-refractivity contribution in [2.24, 2.45) is 0 Å². The number of fused-ring (bicyclic) bond motifs is 1. The normalized spacial score (nSPS) is 11.5. The number of imidazole rings is 1. The molecule has 108 valence electrons. The summed E-state index contributed by atoms with van der Waals surface area (Å²) in [6.07, 6.45) is 0. The van der Waals surface area contributed by atoms with Gasteiger partial charge in [-0.2, -0.15) is 0 Å². The van der Waals surface area contributed by atoms with Crippen LogP contribution in [-0.4, -0.2) is 9.55 Å². The lowest BCUT2D eigenvalue weighted by Gasteiger charge is -2.13. The summed E-state index contributed by atoms with van der Waals surface area (Å²) in [6.45, 7) is 6.15. The molecule has 0 amide bonds. The van der Waals surface area contributed by atoms with Crippen LogP contribution in [0, 0.1) is 12.7 Å². The maximum Gasteiger partial charge on any atom is 0.141 e. The zero-order chi connectivity index (χ0) is 15.1. The van der Waals surface area contributed by atoms with Gasteiger partial charge in [0.05, 0.1) is 11.0 Å². The smallest absolute Gasteiger partial charge is 0.141 e. The van der Waals surface area contributed by atoms with Crippen molar-refractivity contribution in [3.05, 3.63) is 47.8 Å². The molecule has 0 radical (unpaired) electrons. The average molecular weight is 283 g/mol. The van der Waals surface area contributed by atoms with Crippen molar-refractivity contribution in [3.63, 3.8) is 0 Å². The zero-order valence-corrected chi connectivity index (χ0v) is 12.4. The Morgan fingerprint density at radius 2 is 1.90 bits per heavy atom. The van der Waals surface area contributed by atoms with E-state index in [0.29, 0.717) is 5.52 Å². The number of hydrogen-bond donors (Lipinski definition) is 1. The van der Waals surface area contributed by atoms with Crippen molar-refractivity contribution in [3.8, 4) is 11.4 Å². The van der Waals surface area contributed by atoms with Crippen LogP contribution in [0.1, 0.15) is 25.5 Å². The van der Waals surface area contributed by atoms with E-state index in [1.54, 1.807) is 6.07 Å². The van der Waals surface area contributed by atoms with Gasteiger partial charge in [-0.1, -0.05) is 12.1 Å². The molecule has 0 aliphatic rings. The van der Waals surface area contributed by atoms with Crippen LogP contribution >= 0.6 is 0 Å². The largest absolute Gasteiger partial charge is 0.398 e. The van der Waals surface area contributed by atoms with Crippen molar-refractivity contribution in [2.45, 2.75) is 26.8 Å². The fourth-order valence-corrected chi connectivity index (χ4v) is 2.58. The summed E-state index contributed by atoms with van der Waals surface area (Å²) in [5.41, 5.74) is 10.3. The quantitative estimate of drug-likeness (QED) is 0.712. The maximum atomic E-state index is 13.4. The number of nitrogens with zero attached hydrogens (tertiary/aromatic N) is 2. The number of rotatable bonds is 2. The summed E-state index contributed by atoms with van der Waals surface area (Å²) in [4.78, 5) is 4.60. The minimum Gasteiger partial charge on any atom is -0.398 e. The molecular weight excluding hydrogens is 265 g/mol. The highest BCUT2D eigenvalue weighted by atomic mass is 19.1. The van der Waals surface area contributed by atoms with Gasteiger partial charge in [-0.3, -0.25) is 0 Å². The molecule has 0 spiro atoms. The van der Waals surface area contributed by atoms with Gasteiger partial charge in [-0.25, -0.2) is 9.37 Å². The first-order valence-electron chi connectivity index (χ1n) is 7.01. The number of aromatic nitrogens is 2. The van der Waals surface area contributed by atoms with Crippen LogP contribution in [-0.2, 0) is 0 Å². The third kappa shape index (κ3) is 2.27.